The van der Waals surface area contributed by atoms with Crippen molar-refractivity contribution in [3.05, 3.63) is 41.7 Å². The first-order valence-electron chi connectivity index (χ1n) is 7.56. The lowest BCUT2D eigenvalue weighted by molar-refractivity contribution is -0.173. The molecule has 134 valence electrons. The first-order chi connectivity index (χ1) is 11.7. The average Bonchev–Trinajstić information content (AvgIpc) is 2.77. The minimum Gasteiger partial charge on any atom is -0.445 e. The van der Waals surface area contributed by atoms with Crippen molar-refractivity contribution in [2.24, 2.45) is 0 Å². The lowest BCUT2D eigenvalue weighted by Gasteiger charge is -2.18. The molecule has 1 aliphatic rings. The highest BCUT2D eigenvalue weighted by Crippen LogP contribution is 2.26. The Morgan fingerprint density at radius 2 is 1.88 bits per heavy atom. The fourth-order valence-electron chi connectivity index (χ4n) is 2.17. The predicted molar refractivity (Wildman–Crippen MR) is 87.6 cm³/mol. The monoisotopic (exact) mass is 348 g/mol. The number of nitrogens with zero attached hydrogens (tertiary/aromatic N) is 1. The molecule has 1 fully saturated rings. The van der Waals surface area contributed by atoms with Crippen LogP contribution in [0.25, 0.3) is 0 Å². The Morgan fingerprint density at radius 3 is 2.36 bits per heavy atom. The summed E-state index contributed by atoms with van der Waals surface area (Å²) in [5.74, 6) is -2.69. The maximum atomic E-state index is 12.3. The number of rotatable bonds is 5. The van der Waals surface area contributed by atoms with Crippen LogP contribution in [0.4, 0.5) is 5.69 Å². The number of hydrogen-bond donors (Lipinski definition) is 1. The molecule has 0 spiro atoms. The van der Waals surface area contributed by atoms with Gasteiger partial charge in [0.2, 0.25) is 17.5 Å². The molecule has 1 aromatic carbocycles. The van der Waals surface area contributed by atoms with Crippen molar-refractivity contribution in [1.82, 2.24) is 5.06 Å². The molecule has 1 aromatic rings. The summed E-state index contributed by atoms with van der Waals surface area (Å²) in [7, 11) is 1.35. The lowest BCUT2D eigenvalue weighted by Crippen LogP contribution is -2.28. The Bertz CT molecular complexity index is 708. The molecule has 2 amide bonds. The van der Waals surface area contributed by atoms with E-state index in [-0.39, 0.29) is 18.2 Å². The topological polar surface area (TPSA) is 94.2 Å². The summed E-state index contributed by atoms with van der Waals surface area (Å²) in [5, 5.41) is 3.73. The SMILES string of the molecule is CON(Cc1ccc(NC(C)=O)cc1)C(=O)C=C1OC(C)(C)OC1=O. The number of hydrogen-bond acceptors (Lipinski definition) is 6. The molecule has 0 radical (unpaired) electrons. The second-order valence-corrected chi connectivity index (χ2v) is 5.84. The second kappa shape index (κ2) is 7.35. The number of cyclic esters (lactones) is 1. The number of benzene rings is 1. The number of ether oxygens (including phenoxy) is 2. The van der Waals surface area contributed by atoms with Gasteiger partial charge in [0.25, 0.3) is 5.91 Å². The van der Waals surface area contributed by atoms with Crippen molar-refractivity contribution < 1.29 is 28.7 Å². The van der Waals surface area contributed by atoms with Gasteiger partial charge in [-0.25, -0.2) is 9.86 Å². The van der Waals surface area contributed by atoms with Crippen LogP contribution in [0.2, 0.25) is 0 Å². The van der Waals surface area contributed by atoms with Crippen LogP contribution in [0, 0.1) is 0 Å². The molecular formula is C17H20N2O6. The molecule has 0 atom stereocenters. The van der Waals surface area contributed by atoms with Crippen LogP contribution in [0.3, 0.4) is 0 Å². The van der Waals surface area contributed by atoms with E-state index in [1.165, 1.54) is 14.0 Å². The van der Waals surface area contributed by atoms with E-state index in [1.54, 1.807) is 38.1 Å². The van der Waals surface area contributed by atoms with E-state index >= 15 is 0 Å². The summed E-state index contributed by atoms with van der Waals surface area (Å²) in [6, 6.07) is 6.93. The van der Waals surface area contributed by atoms with Crippen molar-refractivity contribution in [2.45, 2.75) is 33.1 Å². The smallest absolute Gasteiger partial charge is 0.377 e. The molecular weight excluding hydrogens is 328 g/mol. The molecule has 25 heavy (non-hydrogen) atoms. The number of amides is 2. The molecule has 0 bridgehead atoms. The number of esters is 1. The van der Waals surface area contributed by atoms with Crippen LogP contribution in [0.5, 0.6) is 0 Å². The van der Waals surface area contributed by atoms with Gasteiger partial charge in [0.15, 0.2) is 0 Å². The molecule has 0 saturated carbocycles. The second-order valence-electron chi connectivity index (χ2n) is 5.84. The highest BCUT2D eigenvalue weighted by atomic mass is 16.8. The summed E-state index contributed by atoms with van der Waals surface area (Å²) in [4.78, 5) is 40.0. The van der Waals surface area contributed by atoms with Crippen molar-refractivity contribution in [2.75, 3.05) is 12.4 Å². The van der Waals surface area contributed by atoms with Gasteiger partial charge < -0.3 is 14.8 Å². The third kappa shape index (κ3) is 5.05. The van der Waals surface area contributed by atoms with Gasteiger partial charge in [-0.3, -0.25) is 14.4 Å². The van der Waals surface area contributed by atoms with Gasteiger partial charge in [-0.2, -0.15) is 0 Å². The largest absolute Gasteiger partial charge is 0.445 e. The van der Waals surface area contributed by atoms with Crippen LogP contribution < -0.4 is 5.32 Å². The maximum Gasteiger partial charge on any atom is 0.377 e. The number of hydroxylamine groups is 2. The van der Waals surface area contributed by atoms with E-state index in [1.807, 2.05) is 0 Å². The fourth-order valence-corrected chi connectivity index (χ4v) is 2.17. The van der Waals surface area contributed by atoms with Crippen LogP contribution >= 0.6 is 0 Å². The minimum atomic E-state index is -1.10. The summed E-state index contributed by atoms with van der Waals surface area (Å²) >= 11 is 0. The molecule has 2 rings (SSSR count). The molecule has 0 aromatic heterocycles. The lowest BCUT2D eigenvalue weighted by atomic mass is 10.2. The molecule has 1 aliphatic heterocycles. The molecule has 8 nitrogen and oxygen atoms in total. The van der Waals surface area contributed by atoms with E-state index < -0.39 is 17.7 Å². The Hall–Kier alpha value is -2.87. The van der Waals surface area contributed by atoms with Gasteiger partial charge in [0.05, 0.1) is 19.7 Å². The summed E-state index contributed by atoms with van der Waals surface area (Å²) in [5.41, 5.74) is 1.43. The van der Waals surface area contributed by atoms with Crippen molar-refractivity contribution in [1.29, 1.82) is 0 Å². The van der Waals surface area contributed by atoms with E-state index in [0.717, 1.165) is 16.7 Å². The Balaban J connectivity index is 2.05. The number of anilines is 1. The van der Waals surface area contributed by atoms with Crippen LogP contribution in [0.1, 0.15) is 26.3 Å². The first-order valence-corrected chi connectivity index (χ1v) is 7.56. The van der Waals surface area contributed by atoms with Crippen molar-refractivity contribution >= 4 is 23.5 Å². The van der Waals surface area contributed by atoms with Gasteiger partial charge in [-0.15, -0.1) is 0 Å². The van der Waals surface area contributed by atoms with E-state index in [2.05, 4.69) is 5.32 Å². The first kappa shape index (κ1) is 18.5. The average molecular weight is 348 g/mol. The molecule has 1 N–H and O–H groups in total. The highest BCUT2D eigenvalue weighted by molar-refractivity contribution is 5.97. The van der Waals surface area contributed by atoms with E-state index in [0.29, 0.717) is 5.69 Å². The minimum absolute atomic E-state index is 0.151. The maximum absolute atomic E-state index is 12.3. The molecule has 0 aliphatic carbocycles. The standard InChI is InChI=1S/C17H20N2O6/c1-11(20)18-13-7-5-12(6-8-13)10-19(23-4)15(21)9-14-16(22)25-17(2,3)24-14/h5-9H,10H2,1-4H3,(H,18,20). The van der Waals surface area contributed by atoms with Crippen molar-refractivity contribution in [3.63, 3.8) is 0 Å². The third-order valence-corrected chi connectivity index (χ3v) is 3.22. The van der Waals surface area contributed by atoms with E-state index in [9.17, 15) is 14.4 Å². The summed E-state index contributed by atoms with van der Waals surface area (Å²) < 4.78 is 10.2. The van der Waals surface area contributed by atoms with Crippen molar-refractivity contribution in [3.8, 4) is 0 Å². The van der Waals surface area contributed by atoms with E-state index in [4.69, 9.17) is 14.3 Å². The Morgan fingerprint density at radius 1 is 1.24 bits per heavy atom. The number of carbonyl (C=O) groups is 3. The van der Waals surface area contributed by atoms with Gasteiger partial charge in [0.1, 0.15) is 0 Å². The molecule has 1 heterocycles. The van der Waals surface area contributed by atoms with Gasteiger partial charge in [-0.05, 0) is 17.7 Å². The summed E-state index contributed by atoms with van der Waals surface area (Å²) in [6.45, 7) is 4.71. The third-order valence-electron chi connectivity index (χ3n) is 3.22. The fraction of sp³-hybridized carbons (Fsp3) is 0.353. The van der Waals surface area contributed by atoms with Crippen LogP contribution in [-0.4, -0.2) is 35.7 Å². The van der Waals surface area contributed by atoms with Crippen LogP contribution in [0.15, 0.2) is 36.1 Å². The quantitative estimate of drug-likeness (QED) is 0.495. The van der Waals surface area contributed by atoms with Gasteiger partial charge >= 0.3 is 5.97 Å². The molecule has 0 unspecified atom stereocenters. The highest BCUT2D eigenvalue weighted by Gasteiger charge is 2.38. The zero-order valence-corrected chi connectivity index (χ0v) is 14.5. The Labute approximate surface area is 145 Å². The van der Waals surface area contributed by atoms with Crippen LogP contribution in [-0.2, 0) is 35.2 Å². The number of carbonyl (C=O) groups excluding carboxylic acids is 3. The van der Waals surface area contributed by atoms with Gasteiger partial charge in [0, 0.05) is 26.5 Å². The summed E-state index contributed by atoms with van der Waals surface area (Å²) in [6.07, 6.45) is 1.03. The zero-order valence-electron chi connectivity index (χ0n) is 14.5. The zero-order chi connectivity index (χ0) is 18.6. The number of nitrogens with one attached hydrogen (secondary N) is 1. The van der Waals surface area contributed by atoms with Gasteiger partial charge in [-0.1, -0.05) is 12.1 Å². The predicted octanol–water partition coefficient (Wildman–Crippen LogP) is 1.73. The molecule has 8 heteroatoms. The normalized spacial score (nSPS) is 17.0. The Kier molecular flexibility index (Phi) is 5.43. The molecule has 1 saturated heterocycles.